The smallest absolute Gasteiger partial charge is 0.376 e. The van der Waals surface area contributed by atoms with Crippen molar-refractivity contribution >= 4 is 96.4 Å². The molecule has 2 aliphatic carbocycles. The maximum absolute atomic E-state index is 7.98. The lowest BCUT2D eigenvalue weighted by atomic mass is 9.45. The molecule has 0 atom stereocenters. The second-order valence-electron chi connectivity index (χ2n) is 34.1. The Bertz CT molecular complexity index is 5070. The van der Waals surface area contributed by atoms with Crippen LogP contribution in [0.15, 0.2) is 203 Å². The Balaban J connectivity index is 1.02. The summed E-state index contributed by atoms with van der Waals surface area (Å²) in [6, 6.07) is 74.8. The Morgan fingerprint density at radius 1 is 0.400 bits per heavy atom. The van der Waals surface area contributed by atoms with Crippen molar-refractivity contribution in [2.24, 2.45) is 0 Å². The van der Waals surface area contributed by atoms with Gasteiger partial charge < -0.3 is 23.4 Å². The van der Waals surface area contributed by atoms with Crippen LogP contribution in [0.3, 0.4) is 0 Å². The molecule has 0 saturated heterocycles. The SMILES string of the molecule is CC(C)(C)c1ccc(N2B3c4oc5cc6c(cc5c4N(c4ccc(C(C)(C)C)cc4-c4ccccc4)c4cc5c(oc7ccccc75)c(c43)-c3cc4c(cc32)C(C)(C)c2ccc(N(c3ccc(C(C)(C)C)cc3)c3ccc(C(C)(C)C)cc3)cc2-4)C(C)(C)CCC6(C)C)cc1. The minimum absolute atomic E-state index is 0.0149. The first-order valence-electron chi connectivity index (χ1n) is 34.7. The normalized spacial score (nSPS) is 16.0. The number of anilines is 8. The molecule has 2 aliphatic heterocycles. The standard InChI is InChI=1S/C89H90BN3O2/c1-83(2,3)54-28-35-58(36-29-54)91(59-37-30-55(31-38-59)84(4,5)6)61-41-42-69-64(47-61)65-48-67-74(51-70(65)89(69,17)18)93(60-39-32-56(33-40-60)85(7,8)9)90-79-75(50-66-62-26-22-23-27-76(62)94-81(66)78(67)79)92(73-43-34-57(86(10,11)12)46-63(73)53-24-20-19-21-25-53)80-68-49-71-72(52-77(68)95-82(80)90)88(15,16)45-44-87(71,13)14/h19-43,46-52H,44-45H2,1-18H3. The summed E-state index contributed by atoms with van der Waals surface area (Å²) in [6.45, 7) is 41.9. The van der Waals surface area contributed by atoms with E-state index in [1.165, 1.54) is 66.8 Å². The van der Waals surface area contributed by atoms with Crippen molar-refractivity contribution in [3.63, 3.8) is 0 Å². The van der Waals surface area contributed by atoms with E-state index in [0.29, 0.717) is 0 Å². The molecule has 5 nitrogen and oxygen atoms in total. The average Bonchev–Trinajstić information content (AvgIpc) is 1.63. The van der Waals surface area contributed by atoms with Crippen LogP contribution >= 0.6 is 0 Å². The van der Waals surface area contributed by atoms with Crippen LogP contribution in [-0.4, -0.2) is 6.85 Å². The van der Waals surface area contributed by atoms with Gasteiger partial charge >= 0.3 is 6.85 Å². The maximum Gasteiger partial charge on any atom is 0.376 e. The first kappa shape index (κ1) is 60.9. The van der Waals surface area contributed by atoms with Gasteiger partial charge in [-0.25, -0.2) is 0 Å². The van der Waals surface area contributed by atoms with Crippen LogP contribution in [0.5, 0.6) is 0 Å². The Morgan fingerprint density at radius 3 is 1.56 bits per heavy atom. The van der Waals surface area contributed by atoms with E-state index in [9.17, 15) is 0 Å². The molecule has 0 unspecified atom stereocenters. The fourth-order valence-corrected chi connectivity index (χ4v) is 16.5. The van der Waals surface area contributed by atoms with Gasteiger partial charge in [0.05, 0.1) is 11.4 Å². The van der Waals surface area contributed by atoms with Crippen LogP contribution in [0.4, 0.5) is 45.5 Å². The molecule has 10 aromatic carbocycles. The minimum Gasteiger partial charge on any atom is -0.466 e. The van der Waals surface area contributed by atoms with Crippen LogP contribution in [0.2, 0.25) is 0 Å². The highest BCUT2D eigenvalue weighted by Crippen LogP contribution is 2.59. The van der Waals surface area contributed by atoms with Crippen molar-refractivity contribution in [1.82, 2.24) is 0 Å². The highest BCUT2D eigenvalue weighted by molar-refractivity contribution is 6.93. The zero-order chi connectivity index (χ0) is 66.6. The van der Waals surface area contributed by atoms with Crippen molar-refractivity contribution in [3.05, 3.63) is 239 Å². The highest BCUT2D eigenvalue weighted by Gasteiger charge is 2.52. The molecule has 0 spiro atoms. The molecule has 0 bridgehead atoms. The maximum atomic E-state index is 7.98. The number of rotatable bonds is 6. The molecule has 0 radical (unpaired) electrons. The predicted molar refractivity (Wildman–Crippen MR) is 405 cm³/mol. The minimum atomic E-state index is -0.421. The van der Waals surface area contributed by atoms with E-state index in [0.717, 1.165) is 113 Å². The largest absolute Gasteiger partial charge is 0.466 e. The van der Waals surface area contributed by atoms with E-state index in [1.54, 1.807) is 0 Å². The van der Waals surface area contributed by atoms with Crippen molar-refractivity contribution in [2.45, 2.75) is 175 Å². The van der Waals surface area contributed by atoms with Gasteiger partial charge in [-0.15, -0.1) is 0 Å². The summed E-state index contributed by atoms with van der Waals surface area (Å²) >= 11 is 0. The van der Waals surface area contributed by atoms with Crippen LogP contribution in [0, 0.1) is 0 Å². The third-order valence-electron chi connectivity index (χ3n) is 22.3. The van der Waals surface area contributed by atoms with Crippen molar-refractivity contribution in [2.75, 3.05) is 14.6 Å². The quantitative estimate of drug-likeness (QED) is 0.155. The summed E-state index contributed by atoms with van der Waals surface area (Å²) in [6.07, 6.45) is 2.21. The summed E-state index contributed by atoms with van der Waals surface area (Å²) in [7, 11) is 0. The van der Waals surface area contributed by atoms with E-state index in [-0.39, 0.29) is 37.9 Å². The third kappa shape index (κ3) is 9.45. The number of nitrogens with zero attached hydrogens (tertiary/aromatic N) is 3. The van der Waals surface area contributed by atoms with Gasteiger partial charge in [-0.3, -0.25) is 0 Å². The van der Waals surface area contributed by atoms with Crippen LogP contribution in [0.1, 0.15) is 182 Å². The summed E-state index contributed by atoms with van der Waals surface area (Å²) < 4.78 is 15.5. The van der Waals surface area contributed by atoms with Gasteiger partial charge in [-0.2, -0.15) is 0 Å². The number of hydrogen-bond acceptors (Lipinski definition) is 5. The molecule has 6 heteroatoms. The second-order valence-corrected chi connectivity index (χ2v) is 34.1. The van der Waals surface area contributed by atoms with Gasteiger partial charge in [0.25, 0.3) is 0 Å². The fourth-order valence-electron chi connectivity index (χ4n) is 16.5. The predicted octanol–water partition coefficient (Wildman–Crippen LogP) is 24.0. The Morgan fingerprint density at radius 2 is 0.947 bits per heavy atom. The molecule has 0 amide bonds. The number of benzene rings is 10. The van der Waals surface area contributed by atoms with E-state index in [4.69, 9.17) is 8.83 Å². The molecule has 0 fully saturated rings. The van der Waals surface area contributed by atoms with Gasteiger partial charge in [-0.1, -0.05) is 222 Å². The molecule has 476 valence electrons. The molecular formula is C89H90BN3O2. The van der Waals surface area contributed by atoms with Gasteiger partial charge in [0.1, 0.15) is 22.4 Å². The average molecular weight is 1240 g/mol. The Kier molecular flexibility index (Phi) is 13.2. The van der Waals surface area contributed by atoms with Crippen LogP contribution in [0.25, 0.3) is 66.3 Å². The lowest BCUT2D eigenvalue weighted by Gasteiger charge is -2.44. The zero-order valence-corrected chi connectivity index (χ0v) is 59.1. The second kappa shape index (κ2) is 20.5. The molecule has 2 aromatic heterocycles. The number of fused-ring (bicyclic) bond motifs is 14. The number of furan rings is 2. The lowest BCUT2D eigenvalue weighted by Crippen LogP contribution is -2.61. The van der Waals surface area contributed by atoms with E-state index in [2.05, 4.69) is 333 Å². The zero-order valence-electron chi connectivity index (χ0n) is 59.1. The first-order valence-corrected chi connectivity index (χ1v) is 34.7. The molecule has 16 rings (SSSR count). The van der Waals surface area contributed by atoms with Crippen LogP contribution in [-0.2, 0) is 37.9 Å². The molecule has 4 aliphatic rings. The summed E-state index contributed by atoms with van der Waals surface area (Å²) in [4.78, 5) is 7.74. The third-order valence-corrected chi connectivity index (χ3v) is 22.3. The van der Waals surface area contributed by atoms with E-state index >= 15 is 0 Å². The molecule has 12 aromatic rings. The van der Waals surface area contributed by atoms with Crippen LogP contribution < -0.4 is 25.7 Å². The monoisotopic (exact) mass is 1240 g/mol. The molecule has 95 heavy (non-hydrogen) atoms. The van der Waals surface area contributed by atoms with E-state index < -0.39 is 6.85 Å². The topological polar surface area (TPSA) is 36.0 Å². The van der Waals surface area contributed by atoms with Crippen molar-refractivity contribution < 1.29 is 8.83 Å². The van der Waals surface area contributed by atoms with Crippen molar-refractivity contribution in [3.8, 4) is 33.4 Å². The summed E-state index contributed by atoms with van der Waals surface area (Å²) in [5, 5.41) is 3.31. The molecule has 4 heterocycles. The van der Waals surface area contributed by atoms with Gasteiger partial charge in [0.2, 0.25) is 0 Å². The molecular weight excluding hydrogens is 1150 g/mol. The fraction of sp³-hybridized carbons (Fsp3) is 0.303. The Labute approximate surface area is 563 Å². The van der Waals surface area contributed by atoms with Gasteiger partial charge in [-0.05, 0) is 209 Å². The number of hydrogen-bond donors (Lipinski definition) is 0. The van der Waals surface area contributed by atoms with Gasteiger partial charge in [0, 0.05) is 72.4 Å². The van der Waals surface area contributed by atoms with Gasteiger partial charge in [0.15, 0.2) is 0 Å². The van der Waals surface area contributed by atoms with Crippen molar-refractivity contribution in [1.29, 1.82) is 0 Å². The van der Waals surface area contributed by atoms with E-state index in [1.807, 2.05) is 0 Å². The molecule has 0 N–H and O–H groups in total. The number of para-hydroxylation sites is 1. The first-order chi connectivity index (χ1) is 44.9. The summed E-state index contributed by atoms with van der Waals surface area (Å²) in [5.74, 6) is 0. The lowest BCUT2D eigenvalue weighted by molar-refractivity contribution is 0.332. The Hall–Kier alpha value is -9.00. The highest BCUT2D eigenvalue weighted by atomic mass is 16.3. The summed E-state index contributed by atoms with van der Waals surface area (Å²) in [5.41, 5.74) is 30.7. The molecule has 0 saturated carbocycles.